The fourth-order valence-electron chi connectivity index (χ4n) is 0.500. The van der Waals surface area contributed by atoms with Crippen LogP contribution in [0.25, 0.3) is 0 Å². The molecule has 0 fully saturated rings. The van der Waals surface area contributed by atoms with Crippen LogP contribution in [0, 0.1) is 5.41 Å². The summed E-state index contributed by atoms with van der Waals surface area (Å²) in [4.78, 5) is 0. The molecule has 0 unspecified atom stereocenters. The van der Waals surface area contributed by atoms with E-state index in [0.29, 0.717) is 6.54 Å². The Labute approximate surface area is 79.5 Å². The fourth-order valence-corrected chi connectivity index (χ4v) is 2.11. The van der Waals surface area contributed by atoms with Crippen molar-refractivity contribution in [2.45, 2.75) is 20.8 Å². The van der Waals surface area contributed by atoms with Gasteiger partial charge in [-0.05, 0) is 5.41 Å². The van der Waals surface area contributed by atoms with Crippen molar-refractivity contribution in [2.75, 3.05) is 18.2 Å². The van der Waals surface area contributed by atoms with E-state index >= 15 is 0 Å². The molecule has 0 aliphatic heterocycles. The molecule has 0 amide bonds. The van der Waals surface area contributed by atoms with Crippen LogP contribution in [-0.2, 0) is 10.0 Å². The van der Waals surface area contributed by atoms with Crippen LogP contribution in [0.2, 0.25) is 0 Å². The maximum Gasteiger partial charge on any atom is 0.212 e. The molecule has 0 saturated carbocycles. The number of nitrogens with one attached hydrogen (secondary N) is 1. The third-order valence-corrected chi connectivity index (χ3v) is 2.91. The molecule has 0 aromatic carbocycles. The maximum absolute atomic E-state index is 11.1. The highest BCUT2D eigenvalue weighted by Crippen LogP contribution is 2.10. The molecule has 12 heavy (non-hydrogen) atoms. The molecule has 0 heterocycles. The predicted octanol–water partition coefficient (Wildman–Crippen LogP) is 1.19. The molecule has 0 aliphatic carbocycles. The van der Waals surface area contributed by atoms with Gasteiger partial charge in [-0.25, -0.2) is 13.1 Å². The van der Waals surface area contributed by atoms with Gasteiger partial charge in [-0.15, -0.1) is 11.6 Å². The van der Waals surface area contributed by atoms with Crippen molar-refractivity contribution in [1.82, 2.24) is 4.72 Å². The lowest BCUT2D eigenvalue weighted by molar-refractivity contribution is 0.408. The fraction of sp³-hybridized carbons (Fsp3) is 1.00. The molecular formula is C7H16ClNO2S. The van der Waals surface area contributed by atoms with Crippen LogP contribution in [0.1, 0.15) is 20.8 Å². The minimum atomic E-state index is -3.15. The van der Waals surface area contributed by atoms with Gasteiger partial charge in [0.05, 0.1) is 5.75 Å². The van der Waals surface area contributed by atoms with Crippen LogP contribution in [-0.4, -0.2) is 26.6 Å². The minimum Gasteiger partial charge on any atom is -0.215 e. The number of hydrogen-bond acceptors (Lipinski definition) is 2. The standard InChI is InChI=1S/C7H16ClNO2S/c1-7(2,3)6-9-12(10,11)5-4-8/h9H,4-6H2,1-3H3. The molecule has 74 valence electrons. The van der Waals surface area contributed by atoms with E-state index in [1.54, 1.807) is 0 Å². The molecular weight excluding hydrogens is 198 g/mol. The minimum absolute atomic E-state index is 0.00929. The summed E-state index contributed by atoms with van der Waals surface area (Å²) < 4.78 is 24.7. The highest BCUT2D eigenvalue weighted by Gasteiger charge is 2.15. The van der Waals surface area contributed by atoms with Gasteiger partial charge in [0.2, 0.25) is 10.0 Å². The van der Waals surface area contributed by atoms with Crippen molar-refractivity contribution in [3.05, 3.63) is 0 Å². The lowest BCUT2D eigenvalue weighted by Gasteiger charge is -2.18. The van der Waals surface area contributed by atoms with Crippen LogP contribution in [0.4, 0.5) is 0 Å². The number of alkyl halides is 1. The first kappa shape index (κ1) is 12.2. The predicted molar refractivity (Wildman–Crippen MR) is 52.0 cm³/mol. The van der Waals surface area contributed by atoms with E-state index in [9.17, 15) is 8.42 Å². The Balaban J connectivity index is 3.94. The molecule has 0 bridgehead atoms. The van der Waals surface area contributed by atoms with Crippen molar-refractivity contribution in [2.24, 2.45) is 5.41 Å². The van der Waals surface area contributed by atoms with Gasteiger partial charge in [-0.1, -0.05) is 20.8 Å². The van der Waals surface area contributed by atoms with Crippen LogP contribution < -0.4 is 4.72 Å². The van der Waals surface area contributed by atoms with Gasteiger partial charge >= 0.3 is 0 Å². The van der Waals surface area contributed by atoms with E-state index < -0.39 is 10.0 Å². The monoisotopic (exact) mass is 213 g/mol. The Morgan fingerprint density at radius 1 is 1.33 bits per heavy atom. The zero-order chi connectivity index (χ0) is 9.83. The summed E-state index contributed by atoms with van der Waals surface area (Å²) >= 11 is 5.32. The Kier molecular flexibility index (Phi) is 4.51. The van der Waals surface area contributed by atoms with E-state index in [1.807, 2.05) is 20.8 Å². The largest absolute Gasteiger partial charge is 0.215 e. The van der Waals surface area contributed by atoms with Gasteiger partial charge in [0.25, 0.3) is 0 Å². The van der Waals surface area contributed by atoms with Crippen LogP contribution in [0.3, 0.4) is 0 Å². The average Bonchev–Trinajstić information content (AvgIpc) is 1.83. The first-order chi connectivity index (χ1) is 5.27. The number of hydrogen-bond donors (Lipinski definition) is 1. The molecule has 0 saturated heterocycles. The van der Waals surface area contributed by atoms with E-state index in [2.05, 4.69) is 4.72 Å². The summed E-state index contributed by atoms with van der Waals surface area (Å²) in [6, 6.07) is 0. The summed E-state index contributed by atoms with van der Waals surface area (Å²) in [7, 11) is -3.15. The number of sulfonamides is 1. The van der Waals surface area contributed by atoms with Gasteiger partial charge in [-0.3, -0.25) is 0 Å². The lowest BCUT2D eigenvalue weighted by Crippen LogP contribution is -2.34. The molecule has 5 heteroatoms. The first-order valence-electron chi connectivity index (χ1n) is 3.80. The molecule has 0 aromatic heterocycles. The topological polar surface area (TPSA) is 46.2 Å². The third kappa shape index (κ3) is 6.88. The molecule has 1 N–H and O–H groups in total. The van der Waals surface area contributed by atoms with Crippen molar-refractivity contribution in [1.29, 1.82) is 0 Å². The average molecular weight is 214 g/mol. The van der Waals surface area contributed by atoms with Crippen molar-refractivity contribution in [3.8, 4) is 0 Å². The van der Waals surface area contributed by atoms with Crippen molar-refractivity contribution < 1.29 is 8.42 Å². The Morgan fingerprint density at radius 2 is 1.83 bits per heavy atom. The second kappa shape index (κ2) is 4.44. The van der Waals surface area contributed by atoms with Crippen LogP contribution >= 0.6 is 11.6 Å². The summed E-state index contributed by atoms with van der Waals surface area (Å²) in [5.41, 5.74) is -0.0284. The Hall–Kier alpha value is 0.200. The maximum atomic E-state index is 11.1. The van der Waals surface area contributed by atoms with E-state index in [4.69, 9.17) is 11.6 Å². The SMILES string of the molecule is CC(C)(C)CNS(=O)(=O)CCCl. The second-order valence-electron chi connectivity index (χ2n) is 3.89. The van der Waals surface area contributed by atoms with Gasteiger partial charge in [0, 0.05) is 12.4 Å². The molecule has 0 spiro atoms. The quantitative estimate of drug-likeness (QED) is 0.714. The van der Waals surface area contributed by atoms with E-state index in [1.165, 1.54) is 0 Å². The number of rotatable bonds is 4. The number of halogens is 1. The van der Waals surface area contributed by atoms with E-state index in [0.717, 1.165) is 0 Å². The zero-order valence-corrected chi connectivity index (χ0v) is 9.30. The molecule has 0 aromatic rings. The molecule has 0 aliphatic rings. The van der Waals surface area contributed by atoms with Crippen LogP contribution in [0.15, 0.2) is 0 Å². The molecule has 3 nitrogen and oxygen atoms in total. The lowest BCUT2D eigenvalue weighted by atomic mass is 9.98. The summed E-state index contributed by atoms with van der Waals surface area (Å²) in [6.07, 6.45) is 0. The van der Waals surface area contributed by atoms with Crippen molar-refractivity contribution in [3.63, 3.8) is 0 Å². The molecule has 0 atom stereocenters. The van der Waals surface area contributed by atoms with Crippen molar-refractivity contribution >= 4 is 21.6 Å². The van der Waals surface area contributed by atoms with Gasteiger partial charge < -0.3 is 0 Å². The summed E-state index contributed by atoms with van der Waals surface area (Å²) in [5.74, 6) is 0.129. The van der Waals surface area contributed by atoms with Gasteiger partial charge in [0.1, 0.15) is 0 Å². The zero-order valence-electron chi connectivity index (χ0n) is 7.72. The van der Waals surface area contributed by atoms with Gasteiger partial charge in [-0.2, -0.15) is 0 Å². The highest BCUT2D eigenvalue weighted by molar-refractivity contribution is 7.89. The van der Waals surface area contributed by atoms with Gasteiger partial charge in [0.15, 0.2) is 0 Å². The second-order valence-corrected chi connectivity index (χ2v) is 6.19. The van der Waals surface area contributed by atoms with E-state index in [-0.39, 0.29) is 17.0 Å². The third-order valence-electron chi connectivity index (χ3n) is 1.17. The normalized spacial score (nSPS) is 13.3. The Morgan fingerprint density at radius 3 is 2.17 bits per heavy atom. The smallest absolute Gasteiger partial charge is 0.212 e. The summed E-state index contributed by atoms with van der Waals surface area (Å²) in [6.45, 7) is 6.36. The molecule has 0 rings (SSSR count). The summed E-state index contributed by atoms with van der Waals surface area (Å²) in [5, 5.41) is 0. The molecule has 0 radical (unpaired) electrons. The Bertz CT molecular complexity index is 218. The van der Waals surface area contributed by atoms with Crippen LogP contribution in [0.5, 0.6) is 0 Å². The highest BCUT2D eigenvalue weighted by atomic mass is 35.5. The first-order valence-corrected chi connectivity index (χ1v) is 5.99.